The number of nitrogens with zero attached hydrogens (tertiary/aromatic N) is 2. The first-order chi connectivity index (χ1) is 13.0. The summed E-state index contributed by atoms with van der Waals surface area (Å²) in [5, 5.41) is 13.2. The lowest BCUT2D eigenvalue weighted by Gasteiger charge is -2.27. The Bertz CT molecular complexity index is 640. The second-order valence-electron chi connectivity index (χ2n) is 8.01. The quantitative estimate of drug-likeness (QED) is 0.658. The van der Waals surface area contributed by atoms with Crippen LogP contribution in [0.5, 0.6) is 0 Å². The van der Waals surface area contributed by atoms with Crippen LogP contribution in [0.1, 0.15) is 74.0 Å². The smallest absolute Gasteiger partial charge is 0.254 e. The first-order valence-corrected chi connectivity index (χ1v) is 10.2. The van der Waals surface area contributed by atoms with Gasteiger partial charge in [-0.15, -0.1) is 0 Å². The highest BCUT2D eigenvalue weighted by atomic mass is 16.5. The molecule has 3 rings (SSSR count). The third kappa shape index (κ3) is 5.62. The van der Waals surface area contributed by atoms with Crippen LogP contribution in [-0.2, 0) is 11.2 Å². The minimum atomic E-state index is -0.530. The fourth-order valence-corrected chi connectivity index (χ4v) is 4.34. The monoisotopic (exact) mass is 376 g/mol. The Balaban J connectivity index is 1.70. The highest BCUT2D eigenvalue weighted by Crippen LogP contribution is 2.28. The number of aromatic nitrogens is 2. The van der Waals surface area contributed by atoms with Crippen molar-refractivity contribution < 1.29 is 14.6 Å². The summed E-state index contributed by atoms with van der Waals surface area (Å²) in [6.07, 6.45) is 11.4. The van der Waals surface area contributed by atoms with E-state index >= 15 is 0 Å². The Kier molecular flexibility index (Phi) is 7.01. The standard InChI is InChI=1S/C20H32N4O3/c1-27-16-7-2-4-13(8-9-16)10-18-22-12-17(19(21)26)20(24-18)23-14-5-3-6-15(25)11-14/h12-16,25H,2-11H2,1H3,(H2,21,26)(H,22,23,24)/t13-,14-,15?,16-/m1/s1. The molecule has 2 aliphatic rings. The predicted molar refractivity (Wildman–Crippen MR) is 104 cm³/mol. The molecule has 0 spiro atoms. The third-order valence-corrected chi connectivity index (χ3v) is 5.93. The van der Waals surface area contributed by atoms with Crippen molar-refractivity contribution in [1.82, 2.24) is 9.97 Å². The van der Waals surface area contributed by atoms with Crippen LogP contribution >= 0.6 is 0 Å². The molecule has 1 unspecified atom stereocenters. The summed E-state index contributed by atoms with van der Waals surface area (Å²) >= 11 is 0. The van der Waals surface area contributed by atoms with E-state index in [1.165, 1.54) is 0 Å². The van der Waals surface area contributed by atoms with Gasteiger partial charge in [-0.1, -0.05) is 6.42 Å². The molecule has 7 heteroatoms. The number of ether oxygens (including phenoxy) is 1. The molecule has 1 aromatic heterocycles. The largest absolute Gasteiger partial charge is 0.393 e. The fraction of sp³-hybridized carbons (Fsp3) is 0.750. The van der Waals surface area contributed by atoms with Crippen LogP contribution in [-0.4, -0.2) is 46.3 Å². The normalized spacial score (nSPS) is 29.1. The number of methoxy groups -OCH3 is 1. The second-order valence-corrected chi connectivity index (χ2v) is 8.01. The van der Waals surface area contributed by atoms with E-state index in [2.05, 4.69) is 15.3 Å². The number of aliphatic hydroxyl groups is 1. The predicted octanol–water partition coefficient (Wildman–Crippen LogP) is 2.43. The van der Waals surface area contributed by atoms with Crippen molar-refractivity contribution in [3.63, 3.8) is 0 Å². The number of primary amides is 1. The second kappa shape index (κ2) is 9.46. The number of carbonyl (C=O) groups excluding carboxylic acids is 1. The summed E-state index contributed by atoms with van der Waals surface area (Å²) in [5.41, 5.74) is 5.83. The number of amides is 1. The lowest BCUT2D eigenvalue weighted by molar-refractivity contribution is 0.0890. The molecule has 0 radical (unpaired) electrons. The molecule has 1 amide bonds. The number of hydrogen-bond donors (Lipinski definition) is 3. The van der Waals surface area contributed by atoms with E-state index in [1.807, 2.05) is 0 Å². The highest BCUT2D eigenvalue weighted by molar-refractivity contribution is 5.97. The van der Waals surface area contributed by atoms with Crippen LogP contribution in [0, 0.1) is 5.92 Å². The topological polar surface area (TPSA) is 110 Å². The number of rotatable bonds is 6. The van der Waals surface area contributed by atoms with Gasteiger partial charge in [0, 0.05) is 25.8 Å². The molecule has 2 saturated carbocycles. The van der Waals surface area contributed by atoms with Crippen LogP contribution < -0.4 is 11.1 Å². The Morgan fingerprint density at radius 2 is 2.07 bits per heavy atom. The van der Waals surface area contributed by atoms with E-state index in [9.17, 15) is 9.90 Å². The highest BCUT2D eigenvalue weighted by Gasteiger charge is 2.24. The molecule has 27 heavy (non-hydrogen) atoms. The first kappa shape index (κ1) is 20.0. The molecule has 0 aromatic carbocycles. The Hall–Kier alpha value is -1.73. The number of carbonyl (C=O) groups is 1. The maximum atomic E-state index is 11.8. The van der Waals surface area contributed by atoms with Crippen molar-refractivity contribution in [3.8, 4) is 0 Å². The van der Waals surface area contributed by atoms with Gasteiger partial charge in [0.1, 0.15) is 11.6 Å². The molecular weight excluding hydrogens is 344 g/mol. The molecule has 150 valence electrons. The van der Waals surface area contributed by atoms with Crippen molar-refractivity contribution in [2.24, 2.45) is 11.7 Å². The van der Waals surface area contributed by atoms with E-state index in [-0.39, 0.29) is 12.1 Å². The minimum absolute atomic E-state index is 0.106. The summed E-state index contributed by atoms with van der Waals surface area (Å²) in [7, 11) is 1.79. The van der Waals surface area contributed by atoms with Crippen LogP contribution in [0.25, 0.3) is 0 Å². The molecule has 2 aliphatic carbocycles. The van der Waals surface area contributed by atoms with Crippen LogP contribution in [0.4, 0.5) is 5.82 Å². The van der Waals surface area contributed by atoms with Gasteiger partial charge in [0.05, 0.1) is 17.8 Å². The Labute approximate surface area is 161 Å². The van der Waals surface area contributed by atoms with E-state index in [1.54, 1.807) is 13.3 Å². The molecule has 0 aliphatic heterocycles. The molecule has 2 fully saturated rings. The lowest BCUT2D eigenvalue weighted by Crippen LogP contribution is -2.31. The number of nitrogens with one attached hydrogen (secondary N) is 1. The van der Waals surface area contributed by atoms with Crippen molar-refractivity contribution in [2.45, 2.75) is 82.5 Å². The van der Waals surface area contributed by atoms with Gasteiger partial charge in [-0.05, 0) is 57.3 Å². The van der Waals surface area contributed by atoms with Crippen LogP contribution in [0.15, 0.2) is 6.20 Å². The molecule has 1 heterocycles. The zero-order valence-corrected chi connectivity index (χ0v) is 16.2. The Morgan fingerprint density at radius 1 is 1.26 bits per heavy atom. The van der Waals surface area contributed by atoms with Gasteiger partial charge >= 0.3 is 0 Å². The molecule has 0 bridgehead atoms. The summed E-state index contributed by atoms with van der Waals surface area (Å²) in [6, 6.07) is 0.106. The number of hydrogen-bond acceptors (Lipinski definition) is 6. The van der Waals surface area contributed by atoms with Gasteiger partial charge in [-0.2, -0.15) is 0 Å². The maximum Gasteiger partial charge on any atom is 0.254 e. The van der Waals surface area contributed by atoms with Crippen molar-refractivity contribution in [3.05, 3.63) is 17.6 Å². The SMILES string of the molecule is CO[C@@H]1CCC[C@@H](Cc2ncc(C(N)=O)c(N[C@@H]3CCCC(O)C3)n2)CC1. The molecule has 4 atom stereocenters. The molecule has 4 N–H and O–H groups in total. The minimum Gasteiger partial charge on any atom is -0.393 e. The van der Waals surface area contributed by atoms with Crippen LogP contribution in [0.2, 0.25) is 0 Å². The average Bonchev–Trinajstić information content (AvgIpc) is 2.87. The number of nitrogens with two attached hydrogens (primary N) is 1. The first-order valence-electron chi connectivity index (χ1n) is 10.2. The maximum absolute atomic E-state index is 11.8. The lowest BCUT2D eigenvalue weighted by atomic mass is 9.93. The molecule has 0 saturated heterocycles. The van der Waals surface area contributed by atoms with E-state index < -0.39 is 5.91 Å². The van der Waals surface area contributed by atoms with E-state index in [0.717, 1.165) is 63.6 Å². The van der Waals surface area contributed by atoms with Gasteiger partial charge < -0.3 is 20.9 Å². The summed E-state index contributed by atoms with van der Waals surface area (Å²) < 4.78 is 5.51. The molecular formula is C20H32N4O3. The molecule has 7 nitrogen and oxygen atoms in total. The number of anilines is 1. The van der Waals surface area contributed by atoms with Crippen LogP contribution in [0.3, 0.4) is 0 Å². The zero-order chi connectivity index (χ0) is 19.2. The zero-order valence-electron chi connectivity index (χ0n) is 16.2. The van der Waals surface area contributed by atoms with E-state index in [0.29, 0.717) is 29.8 Å². The summed E-state index contributed by atoms with van der Waals surface area (Å²) in [6.45, 7) is 0. The van der Waals surface area contributed by atoms with E-state index in [4.69, 9.17) is 10.5 Å². The molecule has 1 aromatic rings. The van der Waals surface area contributed by atoms with Gasteiger partial charge in [-0.25, -0.2) is 9.97 Å². The van der Waals surface area contributed by atoms with Gasteiger partial charge in [0.25, 0.3) is 5.91 Å². The number of aliphatic hydroxyl groups excluding tert-OH is 1. The third-order valence-electron chi connectivity index (χ3n) is 5.93. The van der Waals surface area contributed by atoms with Crippen molar-refractivity contribution in [1.29, 1.82) is 0 Å². The van der Waals surface area contributed by atoms with Gasteiger partial charge in [0.2, 0.25) is 0 Å². The average molecular weight is 377 g/mol. The van der Waals surface area contributed by atoms with Gasteiger partial charge in [-0.3, -0.25) is 4.79 Å². The van der Waals surface area contributed by atoms with Gasteiger partial charge in [0.15, 0.2) is 0 Å². The van der Waals surface area contributed by atoms with Crippen molar-refractivity contribution >= 4 is 11.7 Å². The summed E-state index contributed by atoms with van der Waals surface area (Å²) in [5.74, 6) is 1.27. The Morgan fingerprint density at radius 3 is 2.81 bits per heavy atom. The summed E-state index contributed by atoms with van der Waals surface area (Å²) in [4.78, 5) is 20.8. The van der Waals surface area contributed by atoms with Crippen molar-refractivity contribution in [2.75, 3.05) is 12.4 Å². The fourth-order valence-electron chi connectivity index (χ4n) is 4.34.